The van der Waals surface area contributed by atoms with Crippen molar-refractivity contribution in [1.29, 1.82) is 5.26 Å². The minimum absolute atomic E-state index is 0.0383. The van der Waals surface area contributed by atoms with Crippen LogP contribution in [0.1, 0.15) is 32.3 Å². The maximum Gasteiger partial charge on any atom is 0.237 e. The van der Waals surface area contributed by atoms with E-state index >= 15 is 0 Å². The van der Waals surface area contributed by atoms with E-state index in [9.17, 15) is 28.4 Å². The van der Waals surface area contributed by atoms with Crippen molar-refractivity contribution >= 4 is 29.1 Å². The number of carbonyl (C=O) groups is 3. The first-order valence-electron chi connectivity index (χ1n) is 11.0. The van der Waals surface area contributed by atoms with Crippen LogP contribution < -0.4 is 10.6 Å². The Morgan fingerprint density at radius 1 is 1.24 bits per heavy atom. The van der Waals surface area contributed by atoms with Crippen molar-refractivity contribution in [3.05, 3.63) is 59.7 Å². The van der Waals surface area contributed by atoms with Gasteiger partial charge in [-0.2, -0.15) is 5.26 Å². The van der Waals surface area contributed by atoms with E-state index in [-0.39, 0.29) is 36.9 Å². The normalized spacial score (nSPS) is 21.8. The highest BCUT2D eigenvalue weighted by Crippen LogP contribution is 2.46. The second-order valence-electron chi connectivity index (χ2n) is 9.23. The number of nitrogens with one attached hydrogen (secondary N) is 2. The molecule has 3 atom stereocenters. The van der Waals surface area contributed by atoms with E-state index in [1.54, 1.807) is 24.3 Å². The van der Waals surface area contributed by atoms with Crippen molar-refractivity contribution in [2.24, 2.45) is 11.8 Å². The molecule has 34 heavy (non-hydrogen) atoms. The predicted octanol–water partition coefficient (Wildman–Crippen LogP) is 3.58. The first kappa shape index (κ1) is 23.4. The Kier molecular flexibility index (Phi) is 6.09. The Balaban J connectivity index is 1.63. The van der Waals surface area contributed by atoms with Crippen LogP contribution in [0.3, 0.4) is 0 Å². The third-order valence-electron chi connectivity index (χ3n) is 6.37. The van der Waals surface area contributed by atoms with E-state index in [0.717, 1.165) is 17.7 Å². The van der Waals surface area contributed by atoms with Crippen LogP contribution in [0.4, 0.5) is 20.2 Å². The fraction of sp³-hybridized carbons (Fsp3) is 0.360. The molecular formula is C25H24F2N4O3. The molecule has 0 radical (unpaired) electrons. The number of para-hydroxylation sites is 1. The molecule has 1 fully saturated rings. The smallest absolute Gasteiger partial charge is 0.237 e. The number of nitriles is 1. The molecule has 1 spiro atoms. The van der Waals surface area contributed by atoms with Crippen molar-refractivity contribution in [2.75, 3.05) is 17.2 Å². The van der Waals surface area contributed by atoms with Crippen molar-refractivity contribution in [2.45, 2.75) is 38.1 Å². The van der Waals surface area contributed by atoms with E-state index in [1.807, 2.05) is 13.8 Å². The fourth-order valence-corrected chi connectivity index (χ4v) is 4.83. The number of likely N-dealkylation sites (tertiary alicyclic amines) is 1. The van der Waals surface area contributed by atoms with Gasteiger partial charge in [0.05, 0.1) is 11.5 Å². The summed E-state index contributed by atoms with van der Waals surface area (Å²) in [5, 5.41) is 15.1. The van der Waals surface area contributed by atoms with Crippen LogP contribution in [0, 0.1) is 34.8 Å². The lowest BCUT2D eigenvalue weighted by atomic mass is 9.80. The Morgan fingerprint density at radius 2 is 1.91 bits per heavy atom. The van der Waals surface area contributed by atoms with Gasteiger partial charge in [-0.15, -0.1) is 0 Å². The molecule has 2 aliphatic rings. The van der Waals surface area contributed by atoms with E-state index in [2.05, 4.69) is 16.7 Å². The van der Waals surface area contributed by atoms with Gasteiger partial charge in [-0.25, -0.2) is 8.78 Å². The number of amides is 3. The van der Waals surface area contributed by atoms with Crippen LogP contribution in [0.15, 0.2) is 42.5 Å². The summed E-state index contributed by atoms with van der Waals surface area (Å²) in [7, 11) is 0. The number of halogens is 2. The first-order valence-corrected chi connectivity index (χ1v) is 11.0. The Labute approximate surface area is 195 Å². The highest BCUT2D eigenvalue weighted by atomic mass is 19.1. The number of anilines is 2. The molecule has 0 aromatic heterocycles. The zero-order chi connectivity index (χ0) is 24.6. The summed E-state index contributed by atoms with van der Waals surface area (Å²) in [6, 6.07) is 10.9. The summed E-state index contributed by atoms with van der Waals surface area (Å²) in [5.41, 5.74) is 0.179. The fourth-order valence-electron chi connectivity index (χ4n) is 4.83. The number of carbonyl (C=O) groups excluding carboxylic acids is 3. The van der Waals surface area contributed by atoms with E-state index in [4.69, 9.17) is 0 Å². The average molecular weight is 466 g/mol. The van der Waals surface area contributed by atoms with Gasteiger partial charge >= 0.3 is 0 Å². The first-order chi connectivity index (χ1) is 16.1. The summed E-state index contributed by atoms with van der Waals surface area (Å²) in [5.74, 6) is -4.59. The molecular weight excluding hydrogens is 442 g/mol. The van der Waals surface area contributed by atoms with E-state index in [1.165, 1.54) is 4.90 Å². The average Bonchev–Trinajstić information content (AvgIpc) is 3.29. The second kappa shape index (κ2) is 8.86. The highest BCUT2D eigenvalue weighted by molar-refractivity contribution is 6.09. The third kappa shape index (κ3) is 4.12. The third-order valence-corrected chi connectivity index (χ3v) is 6.37. The summed E-state index contributed by atoms with van der Waals surface area (Å²) in [6.07, 6.45) is 0.274. The van der Waals surface area contributed by atoms with Gasteiger partial charge in [0.25, 0.3) is 0 Å². The van der Waals surface area contributed by atoms with Gasteiger partial charge in [0.2, 0.25) is 17.7 Å². The molecule has 9 heteroatoms. The van der Waals surface area contributed by atoms with Gasteiger partial charge in [0, 0.05) is 30.4 Å². The number of hydrogen-bond acceptors (Lipinski definition) is 4. The highest BCUT2D eigenvalue weighted by Gasteiger charge is 2.56. The second-order valence-corrected chi connectivity index (χ2v) is 9.23. The maximum atomic E-state index is 13.6. The lowest BCUT2D eigenvalue weighted by molar-refractivity contribution is -0.141. The Hall–Kier alpha value is -3.80. The molecule has 0 aliphatic carbocycles. The lowest BCUT2D eigenvalue weighted by Crippen LogP contribution is -2.45. The molecule has 0 unspecified atom stereocenters. The summed E-state index contributed by atoms with van der Waals surface area (Å²) >= 11 is 0. The zero-order valence-corrected chi connectivity index (χ0v) is 18.8. The molecule has 0 bridgehead atoms. The zero-order valence-electron chi connectivity index (χ0n) is 18.8. The molecule has 1 saturated heterocycles. The lowest BCUT2D eigenvalue weighted by Gasteiger charge is -2.27. The summed E-state index contributed by atoms with van der Waals surface area (Å²) in [4.78, 5) is 40.9. The number of hydrogen-bond donors (Lipinski definition) is 2. The molecule has 7 nitrogen and oxygen atoms in total. The predicted molar refractivity (Wildman–Crippen MR) is 120 cm³/mol. The number of nitrogens with zero attached hydrogens (tertiary/aromatic N) is 2. The standard InChI is InChI=1S/C25H24F2N4O3/c1-14(2)7-19(22(32)29-17-9-15(26)8-16(27)10-17)23(33)31-13-25(11-18(31)12-28)20-5-3-4-6-21(20)30-24(25)34/h3-6,8-10,14,18-19H,7,11,13H2,1-2H3,(H,29,32)(H,30,34)/t18-,19-,25-/m0/s1. The quantitative estimate of drug-likeness (QED) is 0.658. The largest absolute Gasteiger partial charge is 0.325 e. The summed E-state index contributed by atoms with van der Waals surface area (Å²) in [6.45, 7) is 3.63. The van der Waals surface area contributed by atoms with E-state index < -0.39 is 40.8 Å². The van der Waals surface area contributed by atoms with Gasteiger partial charge in [0.15, 0.2) is 0 Å². The SMILES string of the molecule is CC(C)C[C@@H](C(=O)Nc1cc(F)cc(F)c1)C(=O)N1C[C@]2(C[C@H]1C#N)C(=O)Nc1ccccc12. The molecule has 176 valence electrons. The van der Waals surface area contributed by atoms with Crippen LogP contribution in [0.2, 0.25) is 0 Å². The van der Waals surface area contributed by atoms with Crippen molar-refractivity contribution in [1.82, 2.24) is 4.90 Å². The molecule has 2 heterocycles. The minimum atomic E-state index is -1.20. The van der Waals surface area contributed by atoms with Gasteiger partial charge in [-0.3, -0.25) is 14.4 Å². The van der Waals surface area contributed by atoms with Gasteiger partial charge < -0.3 is 15.5 Å². The van der Waals surface area contributed by atoms with Crippen molar-refractivity contribution in [3.8, 4) is 6.07 Å². The van der Waals surface area contributed by atoms with Crippen LogP contribution >= 0.6 is 0 Å². The van der Waals surface area contributed by atoms with Crippen LogP contribution in [-0.4, -0.2) is 35.2 Å². The Bertz CT molecular complexity index is 1190. The maximum absolute atomic E-state index is 13.6. The van der Waals surface area contributed by atoms with Crippen molar-refractivity contribution < 1.29 is 23.2 Å². The monoisotopic (exact) mass is 466 g/mol. The van der Waals surface area contributed by atoms with Crippen molar-refractivity contribution in [3.63, 3.8) is 0 Å². The molecule has 2 N–H and O–H groups in total. The minimum Gasteiger partial charge on any atom is -0.325 e. The molecule has 2 aromatic rings. The number of fused-ring (bicyclic) bond motifs is 2. The van der Waals surface area contributed by atoms with Crippen LogP contribution in [0.5, 0.6) is 0 Å². The topological polar surface area (TPSA) is 102 Å². The van der Waals surface area contributed by atoms with Gasteiger partial charge in [-0.05, 0) is 36.1 Å². The van der Waals surface area contributed by atoms with Gasteiger partial charge in [0.1, 0.15) is 23.6 Å². The Morgan fingerprint density at radius 3 is 2.56 bits per heavy atom. The van der Waals surface area contributed by atoms with Crippen LogP contribution in [-0.2, 0) is 19.8 Å². The molecule has 2 aromatic carbocycles. The van der Waals surface area contributed by atoms with Gasteiger partial charge in [-0.1, -0.05) is 32.0 Å². The number of rotatable bonds is 5. The van der Waals surface area contributed by atoms with Crippen LogP contribution in [0.25, 0.3) is 0 Å². The molecule has 0 saturated carbocycles. The molecule has 4 rings (SSSR count). The van der Waals surface area contributed by atoms with E-state index in [0.29, 0.717) is 11.8 Å². The molecule has 2 aliphatic heterocycles. The summed E-state index contributed by atoms with van der Waals surface area (Å²) < 4.78 is 27.2. The molecule has 3 amide bonds. The number of benzene rings is 2.